The Bertz CT molecular complexity index is 756. The summed E-state index contributed by atoms with van der Waals surface area (Å²) in [5.74, 6) is -3.15. The fourth-order valence-electron chi connectivity index (χ4n) is 3.17. The van der Waals surface area contributed by atoms with Crippen LogP contribution in [0.1, 0.15) is 24.3 Å². The molecule has 0 saturated carbocycles. The Balaban J connectivity index is 1.73. The number of thioether (sulfide) groups is 1. The largest absolute Gasteiger partial charge is 0.480 e. The van der Waals surface area contributed by atoms with Gasteiger partial charge in [-0.2, -0.15) is 0 Å². The zero-order valence-corrected chi connectivity index (χ0v) is 14.2. The second-order valence-corrected chi connectivity index (χ2v) is 8.15. The van der Waals surface area contributed by atoms with Gasteiger partial charge in [0.05, 0.1) is 5.69 Å². The molecule has 0 aromatic carbocycles. The molecule has 3 atom stereocenters. The highest BCUT2D eigenvalue weighted by Gasteiger charge is 2.64. The maximum Gasteiger partial charge on any atom is 0.327 e. The quantitative estimate of drug-likeness (QED) is 0.443. The van der Waals surface area contributed by atoms with Gasteiger partial charge in [0.1, 0.15) is 17.5 Å². The van der Waals surface area contributed by atoms with Gasteiger partial charge in [-0.3, -0.25) is 14.4 Å². The number of hydrogen-bond donors (Lipinski definition) is 2. The van der Waals surface area contributed by atoms with E-state index in [4.69, 9.17) is 0 Å². The van der Waals surface area contributed by atoms with Crippen LogP contribution in [-0.2, 0) is 21.4 Å². The molecule has 2 aliphatic rings. The van der Waals surface area contributed by atoms with Gasteiger partial charge in [-0.15, -0.1) is 11.8 Å². The predicted molar refractivity (Wildman–Crippen MR) is 85.4 cm³/mol. The van der Waals surface area contributed by atoms with E-state index < -0.39 is 45.8 Å². The molecule has 1 aromatic heterocycles. The van der Waals surface area contributed by atoms with Crippen molar-refractivity contribution < 1.29 is 24.3 Å². The number of carbonyl (C=O) groups excluding carboxylic acids is 3. The molecule has 24 heavy (non-hydrogen) atoms. The van der Waals surface area contributed by atoms with Crippen molar-refractivity contribution in [3.8, 4) is 0 Å². The number of aryl methyl sites for hydroxylation is 1. The molecule has 0 aliphatic carbocycles. The second-order valence-electron chi connectivity index (χ2n) is 6.38. The van der Waals surface area contributed by atoms with Crippen molar-refractivity contribution in [2.45, 2.75) is 36.1 Å². The molecule has 0 unspecified atom stereocenters. The summed E-state index contributed by atoms with van der Waals surface area (Å²) in [6, 6.07) is 1.33. The molecule has 2 N–H and O–H groups in total. The number of Topliss-reactive ketones (excluding diaryl/α,β-unsaturated/α-hetero) is 1. The van der Waals surface area contributed by atoms with Crippen molar-refractivity contribution >= 4 is 35.3 Å². The van der Waals surface area contributed by atoms with E-state index in [1.807, 2.05) is 0 Å². The summed E-state index contributed by atoms with van der Waals surface area (Å²) in [5.41, 5.74) is 0.221. The van der Waals surface area contributed by atoms with Gasteiger partial charge >= 0.3 is 5.97 Å². The minimum atomic E-state index is -1.08. The number of carboxylic acid groups (broad SMARTS) is 1. The zero-order chi connectivity index (χ0) is 17.8. The number of aliphatic carboxylic acids is 1. The maximum atomic E-state index is 12.3. The van der Waals surface area contributed by atoms with E-state index >= 15 is 0 Å². The van der Waals surface area contributed by atoms with Crippen molar-refractivity contribution in [1.29, 1.82) is 0 Å². The molecule has 0 radical (unpaired) electrons. The van der Waals surface area contributed by atoms with Gasteiger partial charge in [-0.05, 0) is 26.0 Å². The number of carboxylic acids is 1. The lowest BCUT2D eigenvalue weighted by atomic mass is 9.96. The van der Waals surface area contributed by atoms with Crippen LogP contribution in [0.5, 0.6) is 0 Å². The molecular formula is C15H17N3O5S. The molecule has 3 rings (SSSR count). The van der Waals surface area contributed by atoms with E-state index in [0.717, 1.165) is 0 Å². The van der Waals surface area contributed by atoms with Crippen molar-refractivity contribution in [1.82, 2.24) is 14.8 Å². The molecule has 9 heteroatoms. The Labute approximate surface area is 142 Å². The van der Waals surface area contributed by atoms with Crippen LogP contribution in [0.4, 0.5) is 0 Å². The molecule has 2 aliphatic heterocycles. The van der Waals surface area contributed by atoms with E-state index in [9.17, 15) is 24.3 Å². The Kier molecular flexibility index (Phi) is 3.71. The van der Waals surface area contributed by atoms with E-state index in [2.05, 4.69) is 5.32 Å². The summed E-state index contributed by atoms with van der Waals surface area (Å²) < 4.78 is 0.846. The van der Waals surface area contributed by atoms with Crippen LogP contribution in [0.25, 0.3) is 0 Å². The average Bonchev–Trinajstić information content (AvgIpc) is 3.02. The van der Waals surface area contributed by atoms with Crippen molar-refractivity contribution in [2.24, 2.45) is 7.05 Å². The summed E-state index contributed by atoms with van der Waals surface area (Å²) >= 11 is 1.31. The highest BCUT2D eigenvalue weighted by Crippen LogP contribution is 2.50. The van der Waals surface area contributed by atoms with E-state index in [-0.39, 0.29) is 5.69 Å². The lowest BCUT2D eigenvalue weighted by molar-refractivity contribution is -0.160. The topological polar surface area (TPSA) is 109 Å². The smallest absolute Gasteiger partial charge is 0.327 e. The number of fused-ring (bicyclic) bond motifs is 1. The number of nitrogens with zero attached hydrogens (tertiary/aromatic N) is 2. The number of carbonyl (C=O) groups is 4. The first kappa shape index (κ1) is 16.6. The number of nitrogens with one attached hydrogen (secondary N) is 1. The van der Waals surface area contributed by atoms with Gasteiger partial charge in [-0.25, -0.2) is 4.79 Å². The molecule has 128 valence electrons. The average molecular weight is 351 g/mol. The number of β-lactam (4-membered cyclic amide) rings is 1. The molecule has 2 amide bonds. The first-order valence-corrected chi connectivity index (χ1v) is 8.22. The lowest BCUT2D eigenvalue weighted by Gasteiger charge is -2.43. The number of amides is 2. The Morgan fingerprint density at radius 1 is 1.33 bits per heavy atom. The number of aromatic nitrogens is 1. The zero-order valence-electron chi connectivity index (χ0n) is 13.3. The van der Waals surface area contributed by atoms with E-state index in [0.29, 0.717) is 0 Å². The van der Waals surface area contributed by atoms with Gasteiger partial charge in [0.2, 0.25) is 5.91 Å². The molecule has 0 bridgehead atoms. The third-order valence-corrected chi connectivity index (χ3v) is 5.92. The first-order chi connectivity index (χ1) is 11.1. The molecule has 8 nitrogen and oxygen atoms in total. The van der Waals surface area contributed by atoms with Crippen LogP contribution in [-0.4, -0.2) is 60.3 Å². The van der Waals surface area contributed by atoms with E-state index in [1.54, 1.807) is 33.2 Å². The number of rotatable bonds is 4. The predicted octanol–water partition coefficient (Wildman–Crippen LogP) is -0.160. The number of ketones is 1. The summed E-state index contributed by atoms with van der Waals surface area (Å²) in [6.45, 7) is 3.49. The maximum absolute atomic E-state index is 12.3. The van der Waals surface area contributed by atoms with Gasteiger partial charge in [0.15, 0.2) is 0 Å². The normalized spacial score (nSPS) is 27.4. The van der Waals surface area contributed by atoms with Crippen LogP contribution in [0.3, 0.4) is 0 Å². The van der Waals surface area contributed by atoms with Gasteiger partial charge in [-0.1, -0.05) is 0 Å². The molecule has 2 saturated heterocycles. The highest BCUT2D eigenvalue weighted by molar-refractivity contribution is 8.01. The van der Waals surface area contributed by atoms with E-state index in [1.165, 1.54) is 27.3 Å². The summed E-state index contributed by atoms with van der Waals surface area (Å²) in [6.07, 6.45) is 1.64. The highest BCUT2D eigenvalue weighted by atomic mass is 32.2. The summed E-state index contributed by atoms with van der Waals surface area (Å²) in [5, 5.41) is 11.3. The Morgan fingerprint density at radius 2 is 2.00 bits per heavy atom. The standard InChI is InChI=1S/C15H17N3O5S/c1-15(2)10(14(22)23)18-12(21)8(13(18)24-15)16-11(20)9(19)7-5-4-6-17(7)3/h4-6,8,10,13H,1-3H3,(H,16,20)(H,22,23)/t8-,10+,13-/m1/s1. The van der Waals surface area contributed by atoms with Crippen LogP contribution < -0.4 is 5.32 Å². The monoisotopic (exact) mass is 351 g/mol. The van der Waals surface area contributed by atoms with Crippen LogP contribution in [0.2, 0.25) is 0 Å². The van der Waals surface area contributed by atoms with Crippen LogP contribution in [0.15, 0.2) is 18.3 Å². The third kappa shape index (κ3) is 2.31. The SMILES string of the molecule is Cn1cccc1C(=O)C(=O)N[C@@H]1C(=O)N2[C@@H]1SC(C)(C)[C@@H]2C(=O)O. The van der Waals surface area contributed by atoms with Gasteiger partial charge < -0.3 is 19.9 Å². The summed E-state index contributed by atoms with van der Waals surface area (Å²) in [7, 11) is 1.64. The van der Waals surface area contributed by atoms with Crippen LogP contribution >= 0.6 is 11.8 Å². The minimum absolute atomic E-state index is 0.221. The molecule has 2 fully saturated rings. The van der Waals surface area contributed by atoms with Crippen molar-refractivity contribution in [3.63, 3.8) is 0 Å². The molecule has 3 heterocycles. The minimum Gasteiger partial charge on any atom is -0.480 e. The Morgan fingerprint density at radius 3 is 2.54 bits per heavy atom. The molecule has 1 aromatic rings. The van der Waals surface area contributed by atoms with Crippen LogP contribution in [0, 0.1) is 0 Å². The number of hydrogen-bond acceptors (Lipinski definition) is 5. The summed E-state index contributed by atoms with van der Waals surface area (Å²) in [4.78, 5) is 49.3. The van der Waals surface area contributed by atoms with Gasteiger partial charge in [0.25, 0.3) is 11.7 Å². The van der Waals surface area contributed by atoms with Crippen molar-refractivity contribution in [3.05, 3.63) is 24.0 Å². The second kappa shape index (κ2) is 5.37. The fourth-order valence-corrected chi connectivity index (χ4v) is 4.79. The molecular weight excluding hydrogens is 334 g/mol. The lowest BCUT2D eigenvalue weighted by Crippen LogP contribution is -2.71. The van der Waals surface area contributed by atoms with Gasteiger partial charge in [0, 0.05) is 18.0 Å². The fraction of sp³-hybridized carbons (Fsp3) is 0.467. The van der Waals surface area contributed by atoms with Crippen molar-refractivity contribution in [2.75, 3.05) is 0 Å². The molecule has 0 spiro atoms. The Hall–Kier alpha value is -2.29. The first-order valence-electron chi connectivity index (χ1n) is 7.34. The third-order valence-electron chi connectivity index (χ3n) is 4.34.